The van der Waals surface area contributed by atoms with E-state index in [1.807, 2.05) is 0 Å². The number of hydrogen-bond acceptors (Lipinski definition) is 4. The Labute approximate surface area is 126 Å². The number of ketones is 2. The second kappa shape index (κ2) is 9.64. The molecule has 0 heterocycles. The number of carbonyl (C=O) groups is 2. The molecule has 2 unspecified atom stereocenters. The Hall–Kier alpha value is -1.26. The summed E-state index contributed by atoms with van der Waals surface area (Å²) in [6.45, 7) is 2.15. The van der Waals surface area contributed by atoms with Crippen molar-refractivity contribution in [2.45, 2.75) is 70.5 Å². The number of aliphatic hydroxyl groups excluding tert-OH is 2. The van der Waals surface area contributed by atoms with Crippen LogP contribution >= 0.6 is 0 Å². The van der Waals surface area contributed by atoms with Crippen molar-refractivity contribution < 1.29 is 19.8 Å². The summed E-state index contributed by atoms with van der Waals surface area (Å²) in [7, 11) is 0. The molecule has 4 nitrogen and oxygen atoms in total. The van der Waals surface area contributed by atoms with Gasteiger partial charge in [0.2, 0.25) is 0 Å². The highest BCUT2D eigenvalue weighted by Crippen LogP contribution is 2.17. The first-order valence-corrected chi connectivity index (χ1v) is 7.86. The van der Waals surface area contributed by atoms with Crippen LogP contribution in [0.15, 0.2) is 23.8 Å². The predicted molar refractivity (Wildman–Crippen MR) is 81.9 cm³/mol. The maximum Gasteiger partial charge on any atom is 0.182 e. The molecule has 0 aromatic rings. The van der Waals surface area contributed by atoms with Gasteiger partial charge in [-0.05, 0) is 37.5 Å². The van der Waals surface area contributed by atoms with E-state index in [0.717, 1.165) is 19.3 Å². The average molecular weight is 294 g/mol. The minimum atomic E-state index is -0.690. The lowest BCUT2D eigenvalue weighted by Gasteiger charge is -2.15. The molecule has 2 atom stereocenters. The van der Waals surface area contributed by atoms with Gasteiger partial charge in [0.15, 0.2) is 11.6 Å². The SMILES string of the molecule is CCCCCCC(O)CCC(O)CC1=CC(=O)C=CC1=O. The van der Waals surface area contributed by atoms with E-state index in [0.29, 0.717) is 18.4 Å². The summed E-state index contributed by atoms with van der Waals surface area (Å²) in [6.07, 6.45) is 9.08. The third kappa shape index (κ3) is 7.34. The van der Waals surface area contributed by atoms with Gasteiger partial charge in [0.05, 0.1) is 12.2 Å². The van der Waals surface area contributed by atoms with Crippen molar-refractivity contribution in [2.24, 2.45) is 0 Å². The molecule has 2 N–H and O–H groups in total. The zero-order chi connectivity index (χ0) is 15.7. The van der Waals surface area contributed by atoms with Gasteiger partial charge in [-0.15, -0.1) is 0 Å². The van der Waals surface area contributed by atoms with Crippen LogP contribution in [0, 0.1) is 0 Å². The zero-order valence-corrected chi connectivity index (χ0v) is 12.8. The average Bonchev–Trinajstić information content (AvgIpc) is 2.45. The van der Waals surface area contributed by atoms with Crippen LogP contribution in [-0.4, -0.2) is 34.0 Å². The Balaban J connectivity index is 2.23. The number of carbonyl (C=O) groups excluding carboxylic acids is 2. The molecule has 21 heavy (non-hydrogen) atoms. The molecule has 0 aliphatic heterocycles. The molecule has 1 rings (SSSR count). The first kappa shape index (κ1) is 17.8. The smallest absolute Gasteiger partial charge is 0.182 e. The van der Waals surface area contributed by atoms with E-state index < -0.39 is 12.2 Å². The van der Waals surface area contributed by atoms with E-state index in [9.17, 15) is 19.8 Å². The van der Waals surface area contributed by atoms with Crippen LogP contribution in [-0.2, 0) is 9.59 Å². The van der Waals surface area contributed by atoms with Crippen molar-refractivity contribution in [3.8, 4) is 0 Å². The van der Waals surface area contributed by atoms with E-state index in [1.165, 1.54) is 31.1 Å². The number of unbranched alkanes of at least 4 members (excludes halogenated alkanes) is 3. The van der Waals surface area contributed by atoms with Crippen molar-refractivity contribution in [1.29, 1.82) is 0 Å². The molecule has 4 heteroatoms. The topological polar surface area (TPSA) is 74.6 Å². The molecule has 0 saturated carbocycles. The fourth-order valence-electron chi connectivity index (χ4n) is 2.41. The summed E-state index contributed by atoms with van der Waals surface area (Å²) in [6, 6.07) is 0. The highest BCUT2D eigenvalue weighted by Gasteiger charge is 2.17. The second-order valence-electron chi connectivity index (χ2n) is 5.71. The first-order chi connectivity index (χ1) is 10.0. The molecule has 0 aromatic carbocycles. The van der Waals surface area contributed by atoms with Gasteiger partial charge in [0, 0.05) is 12.0 Å². The molecule has 0 saturated heterocycles. The Morgan fingerprint density at radius 1 is 0.952 bits per heavy atom. The largest absolute Gasteiger partial charge is 0.393 e. The van der Waals surface area contributed by atoms with Gasteiger partial charge in [0.1, 0.15) is 0 Å². The predicted octanol–water partition coefficient (Wildman–Crippen LogP) is 2.48. The van der Waals surface area contributed by atoms with E-state index >= 15 is 0 Å². The Bertz CT molecular complexity index is 409. The molecule has 1 aliphatic rings. The Morgan fingerprint density at radius 3 is 2.38 bits per heavy atom. The third-order valence-electron chi connectivity index (χ3n) is 3.71. The van der Waals surface area contributed by atoms with Gasteiger partial charge in [-0.1, -0.05) is 32.6 Å². The summed E-state index contributed by atoms with van der Waals surface area (Å²) in [5.41, 5.74) is 0.354. The van der Waals surface area contributed by atoms with Gasteiger partial charge >= 0.3 is 0 Å². The number of allylic oxidation sites excluding steroid dienone is 3. The molecule has 0 radical (unpaired) electrons. The number of hydrogen-bond donors (Lipinski definition) is 2. The maximum absolute atomic E-state index is 11.5. The summed E-state index contributed by atoms with van der Waals surface area (Å²) in [5, 5.41) is 19.8. The molecule has 0 spiro atoms. The van der Waals surface area contributed by atoms with Crippen LogP contribution in [0.5, 0.6) is 0 Å². The fraction of sp³-hybridized carbons (Fsp3) is 0.647. The van der Waals surface area contributed by atoms with E-state index in [-0.39, 0.29) is 18.0 Å². The van der Waals surface area contributed by atoms with Crippen molar-refractivity contribution in [3.05, 3.63) is 23.8 Å². The Morgan fingerprint density at radius 2 is 1.67 bits per heavy atom. The molecule has 0 bridgehead atoms. The lowest BCUT2D eigenvalue weighted by Crippen LogP contribution is -2.17. The third-order valence-corrected chi connectivity index (χ3v) is 3.71. The summed E-state index contributed by atoms with van der Waals surface area (Å²) < 4.78 is 0. The van der Waals surface area contributed by atoms with Crippen LogP contribution < -0.4 is 0 Å². The van der Waals surface area contributed by atoms with Crippen LogP contribution in [0.2, 0.25) is 0 Å². The number of aliphatic hydroxyl groups is 2. The van der Waals surface area contributed by atoms with Crippen LogP contribution in [0.1, 0.15) is 58.3 Å². The molecular formula is C17H26O4. The van der Waals surface area contributed by atoms with Gasteiger partial charge in [-0.25, -0.2) is 0 Å². The quantitative estimate of drug-likeness (QED) is 0.479. The van der Waals surface area contributed by atoms with Crippen molar-refractivity contribution in [3.63, 3.8) is 0 Å². The Kier molecular flexibility index (Phi) is 8.16. The fourth-order valence-corrected chi connectivity index (χ4v) is 2.41. The standard InChI is InChI=1S/C17H26O4/c1-2-3-4-5-6-14(18)7-8-15(19)11-13-12-16(20)9-10-17(13)21/h9-10,12,14-15,18-19H,2-8,11H2,1H3. The highest BCUT2D eigenvalue weighted by atomic mass is 16.3. The van der Waals surface area contributed by atoms with Gasteiger partial charge < -0.3 is 10.2 Å². The summed E-state index contributed by atoms with van der Waals surface area (Å²) in [5.74, 6) is -0.429. The zero-order valence-electron chi connectivity index (χ0n) is 12.8. The normalized spacial score (nSPS) is 17.8. The monoisotopic (exact) mass is 294 g/mol. The van der Waals surface area contributed by atoms with Crippen molar-refractivity contribution in [2.75, 3.05) is 0 Å². The van der Waals surface area contributed by atoms with Crippen LogP contribution in [0.4, 0.5) is 0 Å². The van der Waals surface area contributed by atoms with Crippen molar-refractivity contribution >= 4 is 11.6 Å². The molecule has 0 amide bonds. The molecule has 118 valence electrons. The minimum Gasteiger partial charge on any atom is -0.393 e. The number of rotatable bonds is 10. The van der Waals surface area contributed by atoms with Crippen molar-refractivity contribution in [1.82, 2.24) is 0 Å². The summed E-state index contributed by atoms with van der Waals surface area (Å²) >= 11 is 0. The van der Waals surface area contributed by atoms with Crippen LogP contribution in [0.3, 0.4) is 0 Å². The molecular weight excluding hydrogens is 268 g/mol. The van der Waals surface area contributed by atoms with E-state index in [1.54, 1.807) is 0 Å². The lowest BCUT2D eigenvalue weighted by atomic mass is 9.95. The minimum absolute atomic E-state index is 0.178. The summed E-state index contributed by atoms with van der Waals surface area (Å²) in [4.78, 5) is 22.7. The molecule has 1 aliphatic carbocycles. The first-order valence-electron chi connectivity index (χ1n) is 7.86. The second-order valence-corrected chi connectivity index (χ2v) is 5.71. The molecule has 0 aromatic heterocycles. The van der Waals surface area contributed by atoms with Gasteiger partial charge in [-0.3, -0.25) is 9.59 Å². The van der Waals surface area contributed by atoms with Crippen LogP contribution in [0.25, 0.3) is 0 Å². The van der Waals surface area contributed by atoms with Gasteiger partial charge in [0.25, 0.3) is 0 Å². The lowest BCUT2D eigenvalue weighted by molar-refractivity contribution is -0.114. The maximum atomic E-state index is 11.5. The highest BCUT2D eigenvalue weighted by molar-refractivity contribution is 6.17. The van der Waals surface area contributed by atoms with E-state index in [4.69, 9.17) is 0 Å². The van der Waals surface area contributed by atoms with Gasteiger partial charge in [-0.2, -0.15) is 0 Å². The molecule has 0 fully saturated rings. The van der Waals surface area contributed by atoms with E-state index in [2.05, 4.69) is 6.92 Å².